The van der Waals surface area contributed by atoms with Crippen LogP contribution in [0, 0.1) is 27.7 Å². The van der Waals surface area contributed by atoms with Gasteiger partial charge in [0.05, 0.1) is 13.2 Å². The molecule has 0 saturated carbocycles. The molecule has 0 atom stereocenters. The van der Waals surface area contributed by atoms with Gasteiger partial charge < -0.3 is 18.9 Å². The predicted molar refractivity (Wildman–Crippen MR) is 129 cm³/mol. The molecule has 0 N–H and O–H groups in total. The monoisotopic (exact) mass is 440 g/mol. The van der Waals surface area contributed by atoms with Gasteiger partial charge in [-0.3, -0.25) is 0 Å². The van der Waals surface area contributed by atoms with Crippen molar-refractivity contribution >= 4 is 11.3 Å². The van der Waals surface area contributed by atoms with Crippen LogP contribution in [0.15, 0.2) is 36.4 Å². The molecule has 3 aromatic rings. The molecule has 0 bridgehead atoms. The normalized spacial score (nSPS) is 11.0. The Morgan fingerprint density at radius 2 is 1.26 bits per heavy atom. The molecule has 0 radical (unpaired) electrons. The van der Waals surface area contributed by atoms with Gasteiger partial charge in [-0.15, -0.1) is 11.3 Å². The van der Waals surface area contributed by atoms with Crippen molar-refractivity contribution in [3.05, 3.63) is 58.0 Å². The van der Waals surface area contributed by atoms with Crippen LogP contribution in [0.3, 0.4) is 0 Å². The molecular formula is C26H32O4S. The van der Waals surface area contributed by atoms with E-state index in [1.54, 1.807) is 14.2 Å². The second kappa shape index (κ2) is 10.8. The molecule has 1 aromatic heterocycles. The van der Waals surface area contributed by atoms with E-state index in [0.29, 0.717) is 26.4 Å². The van der Waals surface area contributed by atoms with Crippen LogP contribution in [0.5, 0.6) is 11.5 Å². The number of methoxy groups -OCH3 is 2. The van der Waals surface area contributed by atoms with Gasteiger partial charge in [-0.05, 0) is 74.7 Å². The maximum atomic E-state index is 6.10. The highest BCUT2D eigenvalue weighted by Crippen LogP contribution is 2.42. The smallest absolute Gasteiger partial charge is 0.127 e. The zero-order valence-electron chi connectivity index (χ0n) is 19.3. The van der Waals surface area contributed by atoms with Crippen molar-refractivity contribution in [2.24, 2.45) is 0 Å². The molecule has 3 rings (SSSR count). The van der Waals surface area contributed by atoms with Crippen LogP contribution >= 0.6 is 11.3 Å². The van der Waals surface area contributed by atoms with Crippen molar-refractivity contribution < 1.29 is 18.9 Å². The van der Waals surface area contributed by atoms with E-state index in [-0.39, 0.29) is 0 Å². The Labute approximate surface area is 189 Å². The Morgan fingerprint density at radius 1 is 0.677 bits per heavy atom. The molecule has 1 heterocycles. The first-order valence-corrected chi connectivity index (χ1v) is 11.3. The minimum absolute atomic E-state index is 0.491. The number of ether oxygens (including phenoxy) is 4. The van der Waals surface area contributed by atoms with Gasteiger partial charge in [0, 0.05) is 35.1 Å². The lowest BCUT2D eigenvalue weighted by molar-refractivity contribution is 0.145. The van der Waals surface area contributed by atoms with Crippen molar-refractivity contribution in [3.63, 3.8) is 0 Å². The molecule has 31 heavy (non-hydrogen) atoms. The Morgan fingerprint density at radius 3 is 1.81 bits per heavy atom. The minimum Gasteiger partial charge on any atom is -0.491 e. The molecule has 2 aromatic carbocycles. The van der Waals surface area contributed by atoms with E-state index >= 15 is 0 Å². The van der Waals surface area contributed by atoms with Gasteiger partial charge in [-0.1, -0.05) is 11.6 Å². The highest BCUT2D eigenvalue weighted by atomic mass is 32.1. The van der Waals surface area contributed by atoms with Crippen LogP contribution in [0.1, 0.15) is 21.6 Å². The summed E-state index contributed by atoms with van der Waals surface area (Å²) in [6.45, 7) is 10.7. The van der Waals surface area contributed by atoms with Crippen LogP contribution in [0.4, 0.5) is 0 Å². The number of rotatable bonds is 10. The SMILES string of the molecule is COCCOc1ccc(C)cc1-c1cc(-c2sc(C)c(C)c2C)ccc1OCCOC. The molecule has 0 unspecified atom stereocenters. The van der Waals surface area contributed by atoms with Crippen molar-refractivity contribution in [2.45, 2.75) is 27.7 Å². The fraction of sp³-hybridized carbons (Fsp3) is 0.385. The van der Waals surface area contributed by atoms with E-state index in [1.165, 1.54) is 32.0 Å². The van der Waals surface area contributed by atoms with Gasteiger partial charge >= 0.3 is 0 Å². The first-order valence-electron chi connectivity index (χ1n) is 10.5. The largest absolute Gasteiger partial charge is 0.491 e. The van der Waals surface area contributed by atoms with Crippen molar-refractivity contribution in [1.29, 1.82) is 0 Å². The minimum atomic E-state index is 0.491. The third-order valence-electron chi connectivity index (χ3n) is 5.44. The van der Waals surface area contributed by atoms with Gasteiger partial charge in [0.15, 0.2) is 0 Å². The zero-order chi connectivity index (χ0) is 22.4. The molecule has 0 aliphatic rings. The first-order chi connectivity index (χ1) is 15.0. The summed E-state index contributed by atoms with van der Waals surface area (Å²) in [6, 6.07) is 12.7. The number of hydrogen-bond acceptors (Lipinski definition) is 5. The summed E-state index contributed by atoms with van der Waals surface area (Å²) in [4.78, 5) is 2.66. The summed E-state index contributed by atoms with van der Waals surface area (Å²) >= 11 is 1.84. The Bertz CT molecular complexity index is 1020. The molecule has 4 nitrogen and oxygen atoms in total. The lowest BCUT2D eigenvalue weighted by atomic mass is 9.97. The molecule has 0 saturated heterocycles. The summed E-state index contributed by atoms with van der Waals surface area (Å²) in [7, 11) is 3.36. The maximum Gasteiger partial charge on any atom is 0.127 e. The second-order valence-corrected chi connectivity index (χ2v) is 8.86. The average molecular weight is 441 g/mol. The molecule has 0 aliphatic carbocycles. The van der Waals surface area contributed by atoms with Gasteiger partial charge in [-0.2, -0.15) is 0 Å². The zero-order valence-corrected chi connectivity index (χ0v) is 20.2. The van der Waals surface area contributed by atoms with Gasteiger partial charge in [-0.25, -0.2) is 0 Å². The van der Waals surface area contributed by atoms with E-state index in [1.807, 2.05) is 17.4 Å². The summed E-state index contributed by atoms with van der Waals surface area (Å²) < 4.78 is 22.5. The lowest BCUT2D eigenvalue weighted by Crippen LogP contribution is -2.07. The van der Waals surface area contributed by atoms with Gasteiger partial charge in [0.2, 0.25) is 0 Å². The first kappa shape index (κ1) is 23.3. The lowest BCUT2D eigenvalue weighted by Gasteiger charge is -2.17. The summed E-state index contributed by atoms with van der Waals surface area (Å²) in [5, 5.41) is 0. The third kappa shape index (κ3) is 5.48. The van der Waals surface area contributed by atoms with E-state index in [9.17, 15) is 0 Å². The van der Waals surface area contributed by atoms with Gasteiger partial charge in [0.25, 0.3) is 0 Å². The number of thiophene rings is 1. The van der Waals surface area contributed by atoms with Crippen LogP contribution in [-0.4, -0.2) is 40.6 Å². The Kier molecular flexibility index (Phi) is 8.13. The van der Waals surface area contributed by atoms with E-state index in [4.69, 9.17) is 18.9 Å². The molecule has 0 fully saturated rings. The standard InChI is InChI=1S/C26H32O4S/c1-17-7-9-24(29-13-11-27-5)22(15-17)23-16-21(8-10-25(23)30-14-12-28-6)26-19(3)18(2)20(4)31-26/h7-10,15-16H,11-14H2,1-6H3. The topological polar surface area (TPSA) is 36.9 Å². The number of aryl methyl sites for hydroxylation is 2. The highest BCUT2D eigenvalue weighted by molar-refractivity contribution is 7.15. The van der Waals surface area contributed by atoms with Crippen LogP contribution in [0.2, 0.25) is 0 Å². The second-order valence-electron chi connectivity index (χ2n) is 7.63. The van der Waals surface area contributed by atoms with Crippen molar-refractivity contribution in [1.82, 2.24) is 0 Å². The Hall–Kier alpha value is -2.34. The van der Waals surface area contributed by atoms with Crippen LogP contribution in [0.25, 0.3) is 21.6 Å². The molecule has 5 heteroatoms. The number of benzene rings is 2. The fourth-order valence-electron chi connectivity index (χ4n) is 3.47. The molecule has 166 valence electrons. The third-order valence-corrected chi connectivity index (χ3v) is 6.80. The fourth-order valence-corrected chi connectivity index (χ4v) is 4.64. The van der Waals surface area contributed by atoms with E-state index < -0.39 is 0 Å². The average Bonchev–Trinajstić information content (AvgIpc) is 3.02. The van der Waals surface area contributed by atoms with Gasteiger partial charge in [0.1, 0.15) is 24.7 Å². The van der Waals surface area contributed by atoms with Crippen molar-refractivity contribution in [3.8, 4) is 33.1 Å². The maximum absolute atomic E-state index is 6.10. The van der Waals surface area contributed by atoms with Crippen LogP contribution in [-0.2, 0) is 9.47 Å². The van der Waals surface area contributed by atoms with Crippen LogP contribution < -0.4 is 9.47 Å². The summed E-state index contributed by atoms with van der Waals surface area (Å²) in [5.41, 5.74) is 7.10. The van der Waals surface area contributed by atoms with E-state index in [0.717, 1.165) is 22.6 Å². The summed E-state index contributed by atoms with van der Waals surface area (Å²) in [5.74, 6) is 1.65. The summed E-state index contributed by atoms with van der Waals surface area (Å²) in [6.07, 6.45) is 0. The highest BCUT2D eigenvalue weighted by Gasteiger charge is 2.17. The van der Waals surface area contributed by atoms with E-state index in [2.05, 4.69) is 58.0 Å². The molecule has 0 aliphatic heterocycles. The molecular weight excluding hydrogens is 408 g/mol. The number of hydrogen-bond donors (Lipinski definition) is 0. The van der Waals surface area contributed by atoms with Crippen molar-refractivity contribution in [2.75, 3.05) is 40.6 Å². The predicted octanol–water partition coefficient (Wildman–Crippen LogP) is 6.37. The quantitative estimate of drug-likeness (QED) is 0.344. The molecule has 0 spiro atoms. The molecule has 0 amide bonds. The Balaban J connectivity index is 2.11.